The second-order valence-electron chi connectivity index (χ2n) is 5.56. The number of hydrogen-bond donors (Lipinski definition) is 0. The number of carbonyl (C=O) groups excluding carboxylic acids is 1. The Kier molecular flexibility index (Phi) is 2.75. The van der Waals surface area contributed by atoms with Gasteiger partial charge < -0.3 is 9.80 Å². The third kappa shape index (κ3) is 1.89. The van der Waals surface area contributed by atoms with Gasteiger partial charge in [0.1, 0.15) is 0 Å². The van der Waals surface area contributed by atoms with Crippen molar-refractivity contribution < 1.29 is 4.79 Å². The van der Waals surface area contributed by atoms with Crippen molar-refractivity contribution in [3.8, 4) is 0 Å². The monoisotopic (exact) mass is 210 g/mol. The third-order valence-electron chi connectivity index (χ3n) is 3.72. The lowest BCUT2D eigenvalue weighted by molar-refractivity contribution is -0.160. The van der Waals surface area contributed by atoms with Gasteiger partial charge >= 0.3 is 0 Å². The molecule has 0 radical (unpaired) electrons. The van der Waals surface area contributed by atoms with E-state index in [2.05, 4.69) is 25.8 Å². The molecule has 0 aromatic carbocycles. The van der Waals surface area contributed by atoms with Crippen LogP contribution < -0.4 is 0 Å². The number of hydrogen-bond acceptors (Lipinski definition) is 2. The van der Waals surface area contributed by atoms with E-state index in [1.807, 2.05) is 4.90 Å². The molecule has 2 aliphatic heterocycles. The van der Waals surface area contributed by atoms with Gasteiger partial charge in [0.2, 0.25) is 5.91 Å². The van der Waals surface area contributed by atoms with Crippen LogP contribution in [-0.4, -0.2) is 48.9 Å². The lowest BCUT2D eigenvalue weighted by Crippen LogP contribution is -2.72. The van der Waals surface area contributed by atoms with Gasteiger partial charge in [0.15, 0.2) is 0 Å². The van der Waals surface area contributed by atoms with Gasteiger partial charge in [-0.2, -0.15) is 0 Å². The van der Waals surface area contributed by atoms with Gasteiger partial charge in [0.05, 0.1) is 0 Å². The van der Waals surface area contributed by atoms with Gasteiger partial charge in [-0.15, -0.1) is 0 Å². The summed E-state index contributed by atoms with van der Waals surface area (Å²) in [4.78, 5) is 16.3. The van der Waals surface area contributed by atoms with Gasteiger partial charge in [-0.1, -0.05) is 20.3 Å². The summed E-state index contributed by atoms with van der Waals surface area (Å²) in [6.07, 6.45) is 2.14. The molecule has 0 N–H and O–H groups in total. The Balaban J connectivity index is 1.77. The fraction of sp³-hybridized carbons (Fsp3) is 0.917. The molecular formula is C12H22N2O. The highest BCUT2D eigenvalue weighted by molar-refractivity contribution is 5.79. The van der Waals surface area contributed by atoms with Crippen LogP contribution >= 0.6 is 0 Å². The number of amides is 1. The van der Waals surface area contributed by atoms with E-state index in [1.165, 1.54) is 13.1 Å². The zero-order valence-corrected chi connectivity index (χ0v) is 10.1. The third-order valence-corrected chi connectivity index (χ3v) is 3.72. The van der Waals surface area contributed by atoms with Crippen molar-refractivity contribution in [1.29, 1.82) is 0 Å². The van der Waals surface area contributed by atoms with E-state index in [4.69, 9.17) is 0 Å². The maximum atomic E-state index is 11.9. The first kappa shape index (κ1) is 10.9. The molecule has 0 saturated carbocycles. The second-order valence-corrected chi connectivity index (χ2v) is 5.56. The zero-order chi connectivity index (χ0) is 11.1. The van der Waals surface area contributed by atoms with Crippen LogP contribution in [0.2, 0.25) is 0 Å². The first-order chi connectivity index (χ1) is 7.06. The predicted molar refractivity (Wildman–Crippen MR) is 60.6 cm³/mol. The molecule has 0 bridgehead atoms. The van der Waals surface area contributed by atoms with E-state index in [0.717, 1.165) is 25.9 Å². The van der Waals surface area contributed by atoms with Crippen LogP contribution in [0.25, 0.3) is 0 Å². The van der Waals surface area contributed by atoms with Gasteiger partial charge in [-0.3, -0.25) is 4.79 Å². The molecule has 2 aliphatic rings. The SMILES string of the molecule is CCCC(C)C(=O)N1CC2(CN(C)C2)C1. The summed E-state index contributed by atoms with van der Waals surface area (Å²) < 4.78 is 0. The molecule has 1 spiro atoms. The van der Waals surface area contributed by atoms with Crippen LogP contribution in [0.5, 0.6) is 0 Å². The molecule has 2 heterocycles. The maximum Gasteiger partial charge on any atom is 0.225 e. The van der Waals surface area contributed by atoms with Crippen molar-refractivity contribution in [1.82, 2.24) is 9.80 Å². The summed E-state index contributed by atoms with van der Waals surface area (Å²) in [5, 5.41) is 0. The van der Waals surface area contributed by atoms with Gasteiger partial charge in [-0.05, 0) is 13.5 Å². The van der Waals surface area contributed by atoms with E-state index in [-0.39, 0.29) is 5.92 Å². The van der Waals surface area contributed by atoms with Crippen molar-refractivity contribution in [2.24, 2.45) is 11.3 Å². The van der Waals surface area contributed by atoms with Crippen molar-refractivity contribution in [3.63, 3.8) is 0 Å². The largest absolute Gasteiger partial charge is 0.341 e. The summed E-state index contributed by atoms with van der Waals surface area (Å²) in [5.74, 6) is 0.599. The summed E-state index contributed by atoms with van der Waals surface area (Å²) in [7, 11) is 2.15. The number of carbonyl (C=O) groups is 1. The minimum atomic E-state index is 0.227. The Morgan fingerprint density at radius 1 is 1.33 bits per heavy atom. The van der Waals surface area contributed by atoms with Crippen molar-refractivity contribution >= 4 is 5.91 Å². The molecule has 15 heavy (non-hydrogen) atoms. The molecule has 3 nitrogen and oxygen atoms in total. The van der Waals surface area contributed by atoms with E-state index in [9.17, 15) is 4.79 Å². The predicted octanol–water partition coefficient (Wildman–Crippen LogP) is 1.20. The normalized spacial score (nSPS) is 25.9. The average molecular weight is 210 g/mol. The number of nitrogens with zero attached hydrogens (tertiary/aromatic N) is 2. The molecule has 3 heteroatoms. The topological polar surface area (TPSA) is 23.6 Å². The summed E-state index contributed by atoms with van der Waals surface area (Å²) in [5.41, 5.74) is 0.482. The van der Waals surface area contributed by atoms with Crippen LogP contribution in [0, 0.1) is 11.3 Å². The average Bonchev–Trinajstić information content (AvgIpc) is 2.08. The van der Waals surface area contributed by atoms with E-state index >= 15 is 0 Å². The fourth-order valence-corrected chi connectivity index (χ4v) is 3.09. The highest BCUT2D eigenvalue weighted by Gasteiger charge is 2.52. The molecule has 0 aromatic heterocycles. The molecule has 2 rings (SSSR count). The van der Waals surface area contributed by atoms with Crippen molar-refractivity contribution in [3.05, 3.63) is 0 Å². The van der Waals surface area contributed by atoms with Crippen molar-refractivity contribution in [2.75, 3.05) is 33.2 Å². The molecule has 86 valence electrons. The standard InChI is InChI=1S/C12H22N2O/c1-4-5-10(2)11(15)14-8-12(9-14)6-13(3)7-12/h10H,4-9H2,1-3H3. The van der Waals surface area contributed by atoms with Gasteiger partial charge in [0.25, 0.3) is 0 Å². The summed E-state index contributed by atoms with van der Waals surface area (Å²) >= 11 is 0. The molecule has 0 aromatic rings. The summed E-state index contributed by atoms with van der Waals surface area (Å²) in [6.45, 7) is 8.57. The lowest BCUT2D eigenvalue weighted by Gasteiger charge is -2.59. The number of likely N-dealkylation sites (tertiary alicyclic amines) is 2. The van der Waals surface area contributed by atoms with Gasteiger partial charge in [-0.25, -0.2) is 0 Å². The Morgan fingerprint density at radius 3 is 2.40 bits per heavy atom. The highest BCUT2D eigenvalue weighted by Crippen LogP contribution is 2.39. The zero-order valence-electron chi connectivity index (χ0n) is 10.1. The van der Waals surface area contributed by atoms with E-state index in [1.54, 1.807) is 0 Å². The second kappa shape index (κ2) is 3.78. The quantitative estimate of drug-likeness (QED) is 0.699. The molecule has 1 unspecified atom stereocenters. The maximum absolute atomic E-state index is 11.9. The minimum Gasteiger partial charge on any atom is -0.341 e. The minimum absolute atomic E-state index is 0.227. The lowest BCUT2D eigenvalue weighted by atomic mass is 9.73. The Labute approximate surface area is 92.4 Å². The van der Waals surface area contributed by atoms with Crippen LogP contribution in [0.4, 0.5) is 0 Å². The van der Waals surface area contributed by atoms with Crippen LogP contribution in [0.15, 0.2) is 0 Å². The first-order valence-electron chi connectivity index (χ1n) is 6.04. The fourth-order valence-electron chi connectivity index (χ4n) is 3.09. The van der Waals surface area contributed by atoms with Gasteiger partial charge in [0, 0.05) is 37.5 Å². The molecule has 1 amide bonds. The van der Waals surface area contributed by atoms with Crippen LogP contribution in [-0.2, 0) is 4.79 Å². The molecule has 2 fully saturated rings. The Morgan fingerprint density at radius 2 is 1.93 bits per heavy atom. The first-order valence-corrected chi connectivity index (χ1v) is 6.04. The van der Waals surface area contributed by atoms with Crippen LogP contribution in [0.1, 0.15) is 26.7 Å². The Bertz CT molecular complexity index is 250. The number of rotatable bonds is 3. The smallest absolute Gasteiger partial charge is 0.225 e. The van der Waals surface area contributed by atoms with Crippen LogP contribution in [0.3, 0.4) is 0 Å². The molecule has 1 atom stereocenters. The Hall–Kier alpha value is -0.570. The summed E-state index contributed by atoms with van der Waals surface area (Å²) in [6, 6.07) is 0. The van der Waals surface area contributed by atoms with E-state index < -0.39 is 0 Å². The molecule has 0 aliphatic carbocycles. The van der Waals surface area contributed by atoms with Crippen molar-refractivity contribution in [2.45, 2.75) is 26.7 Å². The molecular weight excluding hydrogens is 188 g/mol. The molecule has 2 saturated heterocycles. The highest BCUT2D eigenvalue weighted by atomic mass is 16.2. The van der Waals surface area contributed by atoms with E-state index in [0.29, 0.717) is 11.3 Å².